The van der Waals surface area contributed by atoms with Crippen LogP contribution in [0.15, 0.2) is 59.5 Å². The van der Waals surface area contributed by atoms with Crippen molar-refractivity contribution in [1.82, 2.24) is 4.57 Å². The van der Waals surface area contributed by atoms with Crippen LogP contribution in [0.3, 0.4) is 0 Å². The fourth-order valence-electron chi connectivity index (χ4n) is 3.00. The number of Topliss-reactive ketones (excluding diaryl/α,β-unsaturated/α-hetero) is 1. The Labute approximate surface area is 155 Å². The number of aliphatic carboxylic acids is 1. The van der Waals surface area contributed by atoms with Gasteiger partial charge >= 0.3 is 5.97 Å². The SMILES string of the molecule is COc1cccc(Cn2cc(C(=O)CCC(=O)O)c(=O)c3ccccc32)c1. The Kier molecular flexibility index (Phi) is 5.35. The number of carboxylic acids is 1. The molecule has 0 saturated carbocycles. The van der Waals surface area contributed by atoms with Crippen molar-refractivity contribution in [3.8, 4) is 5.75 Å². The van der Waals surface area contributed by atoms with Gasteiger partial charge in [-0.15, -0.1) is 0 Å². The minimum atomic E-state index is -1.07. The van der Waals surface area contributed by atoms with Crippen molar-refractivity contribution in [1.29, 1.82) is 0 Å². The Morgan fingerprint density at radius 2 is 1.85 bits per heavy atom. The first-order valence-corrected chi connectivity index (χ1v) is 8.49. The average Bonchev–Trinajstić information content (AvgIpc) is 2.68. The molecule has 6 nitrogen and oxygen atoms in total. The van der Waals surface area contributed by atoms with Crippen molar-refractivity contribution in [2.45, 2.75) is 19.4 Å². The van der Waals surface area contributed by atoms with E-state index in [0.717, 1.165) is 11.3 Å². The van der Waals surface area contributed by atoms with Crippen molar-refractivity contribution >= 4 is 22.7 Å². The number of nitrogens with zero attached hydrogens (tertiary/aromatic N) is 1. The van der Waals surface area contributed by atoms with Crippen molar-refractivity contribution < 1.29 is 19.4 Å². The Bertz CT molecular complexity index is 1070. The number of aromatic nitrogens is 1. The van der Waals surface area contributed by atoms with E-state index in [4.69, 9.17) is 9.84 Å². The molecule has 2 aromatic carbocycles. The van der Waals surface area contributed by atoms with Crippen LogP contribution in [0.4, 0.5) is 0 Å². The van der Waals surface area contributed by atoms with Gasteiger partial charge in [0.1, 0.15) is 5.75 Å². The van der Waals surface area contributed by atoms with Gasteiger partial charge in [-0.05, 0) is 29.8 Å². The number of hydrogen-bond donors (Lipinski definition) is 1. The maximum atomic E-state index is 12.7. The number of carboxylic acid groups (broad SMARTS) is 1. The van der Waals surface area contributed by atoms with Crippen molar-refractivity contribution in [3.05, 3.63) is 76.1 Å². The van der Waals surface area contributed by atoms with E-state index in [1.165, 1.54) is 6.20 Å². The number of benzene rings is 2. The van der Waals surface area contributed by atoms with Crippen molar-refractivity contribution in [2.24, 2.45) is 0 Å². The van der Waals surface area contributed by atoms with E-state index in [1.807, 2.05) is 41.0 Å². The van der Waals surface area contributed by atoms with Gasteiger partial charge in [0.2, 0.25) is 0 Å². The largest absolute Gasteiger partial charge is 0.497 e. The van der Waals surface area contributed by atoms with Gasteiger partial charge in [0.05, 0.1) is 24.6 Å². The molecule has 0 aliphatic heterocycles. The molecule has 0 saturated heterocycles. The van der Waals surface area contributed by atoms with Gasteiger partial charge in [-0.2, -0.15) is 0 Å². The lowest BCUT2D eigenvalue weighted by molar-refractivity contribution is -0.136. The first kappa shape index (κ1) is 18.4. The third-order valence-corrected chi connectivity index (χ3v) is 4.34. The van der Waals surface area contributed by atoms with Crippen LogP contribution in [0, 0.1) is 0 Å². The number of ketones is 1. The third-order valence-electron chi connectivity index (χ3n) is 4.34. The highest BCUT2D eigenvalue weighted by atomic mass is 16.5. The molecule has 0 aliphatic rings. The number of hydrogen-bond acceptors (Lipinski definition) is 4. The lowest BCUT2D eigenvalue weighted by atomic mass is 10.0. The first-order valence-electron chi connectivity index (χ1n) is 8.49. The average molecular weight is 365 g/mol. The van der Waals surface area contributed by atoms with Gasteiger partial charge in [-0.3, -0.25) is 14.4 Å². The molecule has 0 bridgehead atoms. The molecular weight excluding hydrogens is 346 g/mol. The molecule has 27 heavy (non-hydrogen) atoms. The summed E-state index contributed by atoms with van der Waals surface area (Å²) in [5.74, 6) is -0.816. The summed E-state index contributed by atoms with van der Waals surface area (Å²) in [6.45, 7) is 0.442. The number of carbonyl (C=O) groups excluding carboxylic acids is 1. The minimum absolute atomic E-state index is 0.0119. The molecule has 138 valence electrons. The van der Waals surface area contributed by atoms with E-state index in [2.05, 4.69) is 0 Å². The van der Waals surface area contributed by atoms with Gasteiger partial charge < -0.3 is 14.4 Å². The van der Waals surface area contributed by atoms with E-state index < -0.39 is 11.8 Å². The first-order chi connectivity index (χ1) is 13.0. The van der Waals surface area contributed by atoms with Gasteiger partial charge in [0.25, 0.3) is 0 Å². The molecule has 0 spiro atoms. The van der Waals surface area contributed by atoms with Crippen molar-refractivity contribution in [3.63, 3.8) is 0 Å². The summed E-state index contributed by atoms with van der Waals surface area (Å²) < 4.78 is 7.08. The van der Waals surface area contributed by atoms with Crippen LogP contribution in [0.5, 0.6) is 5.75 Å². The fourth-order valence-corrected chi connectivity index (χ4v) is 3.00. The molecule has 1 aromatic heterocycles. The molecule has 0 radical (unpaired) electrons. The van der Waals surface area contributed by atoms with Gasteiger partial charge in [0.15, 0.2) is 11.2 Å². The second kappa shape index (κ2) is 7.86. The molecule has 1 N–H and O–H groups in total. The summed E-state index contributed by atoms with van der Waals surface area (Å²) in [6, 6.07) is 14.6. The number of rotatable bonds is 7. The van der Waals surface area contributed by atoms with Crippen LogP contribution in [-0.2, 0) is 11.3 Å². The van der Waals surface area contributed by atoms with E-state index in [1.54, 1.807) is 19.2 Å². The highest BCUT2D eigenvalue weighted by Gasteiger charge is 2.16. The smallest absolute Gasteiger partial charge is 0.303 e. The lowest BCUT2D eigenvalue weighted by Crippen LogP contribution is -2.20. The number of ether oxygens (including phenoxy) is 1. The summed E-state index contributed by atoms with van der Waals surface area (Å²) in [5, 5.41) is 9.23. The molecule has 0 fully saturated rings. The number of para-hydroxylation sites is 1. The quantitative estimate of drug-likeness (QED) is 0.650. The Morgan fingerprint density at radius 3 is 2.59 bits per heavy atom. The predicted octanol–water partition coefficient (Wildman–Crippen LogP) is 3.11. The Hall–Kier alpha value is -3.41. The summed E-state index contributed by atoms with van der Waals surface area (Å²) >= 11 is 0. The summed E-state index contributed by atoms with van der Waals surface area (Å²) in [5.41, 5.74) is 1.30. The van der Waals surface area contributed by atoms with Gasteiger partial charge in [0, 0.05) is 24.5 Å². The van der Waals surface area contributed by atoms with Crippen LogP contribution < -0.4 is 10.2 Å². The van der Waals surface area contributed by atoms with Gasteiger partial charge in [-0.1, -0.05) is 24.3 Å². The maximum Gasteiger partial charge on any atom is 0.303 e. The Balaban J connectivity index is 2.08. The molecule has 3 rings (SSSR count). The van der Waals surface area contributed by atoms with Crippen molar-refractivity contribution in [2.75, 3.05) is 7.11 Å². The molecule has 6 heteroatoms. The molecule has 0 aliphatic carbocycles. The molecule has 1 heterocycles. The van der Waals surface area contributed by atoms with Gasteiger partial charge in [-0.25, -0.2) is 0 Å². The maximum absolute atomic E-state index is 12.7. The minimum Gasteiger partial charge on any atom is -0.497 e. The van der Waals surface area contributed by atoms with E-state index in [0.29, 0.717) is 17.4 Å². The van der Waals surface area contributed by atoms with E-state index in [9.17, 15) is 14.4 Å². The molecule has 0 atom stereocenters. The molecular formula is C21H19NO5. The standard InChI is InChI=1S/C21H19NO5/c1-27-15-6-4-5-14(11-15)12-22-13-17(19(23)9-10-20(24)25)21(26)16-7-2-3-8-18(16)22/h2-8,11,13H,9-10,12H2,1H3,(H,24,25). The zero-order valence-electron chi connectivity index (χ0n) is 14.8. The normalized spacial score (nSPS) is 10.7. The topological polar surface area (TPSA) is 85.6 Å². The Morgan fingerprint density at radius 1 is 1.07 bits per heavy atom. The lowest BCUT2D eigenvalue weighted by Gasteiger charge is -2.14. The molecule has 0 amide bonds. The fraction of sp³-hybridized carbons (Fsp3) is 0.190. The molecule has 3 aromatic rings. The van der Waals surface area contributed by atoms with Crippen LogP contribution in [0.25, 0.3) is 10.9 Å². The number of carbonyl (C=O) groups is 2. The van der Waals surface area contributed by atoms with E-state index >= 15 is 0 Å². The molecule has 0 unspecified atom stereocenters. The highest BCUT2D eigenvalue weighted by Crippen LogP contribution is 2.18. The second-order valence-electron chi connectivity index (χ2n) is 6.19. The van der Waals surface area contributed by atoms with E-state index in [-0.39, 0.29) is 23.8 Å². The second-order valence-corrected chi connectivity index (χ2v) is 6.19. The van der Waals surface area contributed by atoms with Crippen LogP contribution >= 0.6 is 0 Å². The number of pyridine rings is 1. The summed E-state index contributed by atoms with van der Waals surface area (Å²) in [7, 11) is 1.59. The number of fused-ring (bicyclic) bond motifs is 1. The van der Waals surface area contributed by atoms with Crippen LogP contribution in [-0.4, -0.2) is 28.5 Å². The predicted molar refractivity (Wildman–Crippen MR) is 102 cm³/mol. The number of methoxy groups -OCH3 is 1. The summed E-state index contributed by atoms with van der Waals surface area (Å²) in [6.07, 6.45) is 1.01. The monoisotopic (exact) mass is 365 g/mol. The third kappa shape index (κ3) is 4.06. The zero-order valence-corrected chi connectivity index (χ0v) is 14.8. The van der Waals surface area contributed by atoms with Crippen LogP contribution in [0.1, 0.15) is 28.8 Å². The summed E-state index contributed by atoms with van der Waals surface area (Å²) in [4.78, 5) is 35.9. The zero-order chi connectivity index (χ0) is 19.4. The van der Waals surface area contributed by atoms with Crippen LogP contribution in [0.2, 0.25) is 0 Å². The highest BCUT2D eigenvalue weighted by molar-refractivity contribution is 5.99.